The van der Waals surface area contributed by atoms with Gasteiger partial charge in [-0.2, -0.15) is 0 Å². The van der Waals surface area contributed by atoms with Crippen LogP contribution in [0.3, 0.4) is 0 Å². The molecule has 0 fully saturated rings. The first-order valence-corrected chi connectivity index (χ1v) is 8.81. The molecule has 1 N–H and O–H groups in total. The number of methoxy groups -OCH3 is 2. The minimum absolute atomic E-state index is 0.113. The Labute approximate surface area is 176 Å². The third-order valence-corrected chi connectivity index (χ3v) is 4.20. The third kappa shape index (κ3) is 5.51. The largest absolute Gasteiger partial charge is 0.496 e. The Morgan fingerprint density at radius 3 is 2.47 bits per heavy atom. The van der Waals surface area contributed by atoms with Crippen LogP contribution in [-0.4, -0.2) is 46.2 Å². The van der Waals surface area contributed by atoms with Crippen LogP contribution in [0.5, 0.6) is 17.2 Å². The second kappa shape index (κ2) is 12.1. The Morgan fingerprint density at radius 1 is 1.23 bits per heavy atom. The third-order valence-electron chi connectivity index (χ3n) is 4.20. The molecule has 1 aliphatic rings. The van der Waals surface area contributed by atoms with Crippen LogP contribution in [0, 0.1) is 0 Å². The molecule has 0 aromatic heterocycles. The SMILES string of the molecule is C=C\C(OC)=C(C=O)/C=C(C)/C(C)=C(/ON=C)c1cc(OC)c2c(c1)OCO2.CO. The van der Waals surface area contributed by atoms with Gasteiger partial charge in [-0.05, 0) is 49.3 Å². The average Bonchev–Trinajstić information content (AvgIpc) is 3.26. The number of fused-ring (bicyclic) bond motifs is 1. The summed E-state index contributed by atoms with van der Waals surface area (Å²) in [6.07, 6.45) is 3.85. The number of nitrogens with zero attached hydrogens (tertiary/aromatic N) is 1. The van der Waals surface area contributed by atoms with Gasteiger partial charge in [-0.3, -0.25) is 4.79 Å². The number of ether oxygens (including phenoxy) is 4. The molecule has 0 saturated heterocycles. The summed E-state index contributed by atoms with van der Waals surface area (Å²) in [6.45, 7) is 10.8. The molecule has 8 nitrogen and oxygen atoms in total. The molecule has 0 saturated carbocycles. The average molecular weight is 417 g/mol. The highest BCUT2D eigenvalue weighted by Gasteiger charge is 2.23. The Bertz CT molecular complexity index is 882. The van der Waals surface area contributed by atoms with Gasteiger partial charge in [0.1, 0.15) is 5.76 Å². The summed E-state index contributed by atoms with van der Waals surface area (Å²) >= 11 is 0. The Kier molecular flexibility index (Phi) is 9.91. The topological polar surface area (TPSA) is 95.8 Å². The van der Waals surface area contributed by atoms with Crippen molar-refractivity contribution in [3.8, 4) is 17.2 Å². The summed E-state index contributed by atoms with van der Waals surface area (Å²) in [4.78, 5) is 16.9. The zero-order valence-electron chi connectivity index (χ0n) is 17.9. The molecule has 162 valence electrons. The summed E-state index contributed by atoms with van der Waals surface area (Å²) in [5, 5.41) is 10.6. The number of oxime groups is 1. The monoisotopic (exact) mass is 417 g/mol. The fraction of sp³-hybridized carbons (Fsp3) is 0.273. The van der Waals surface area contributed by atoms with Gasteiger partial charge in [0, 0.05) is 19.4 Å². The van der Waals surface area contributed by atoms with E-state index >= 15 is 0 Å². The molecule has 2 rings (SSSR count). The molecule has 30 heavy (non-hydrogen) atoms. The smallest absolute Gasteiger partial charge is 0.231 e. The fourth-order valence-corrected chi connectivity index (χ4v) is 2.67. The molecular weight excluding hydrogens is 390 g/mol. The highest BCUT2D eigenvalue weighted by atomic mass is 16.7. The second-order valence-electron chi connectivity index (χ2n) is 5.76. The molecule has 0 radical (unpaired) electrons. The molecule has 1 aromatic rings. The van der Waals surface area contributed by atoms with E-state index in [0.29, 0.717) is 46.2 Å². The van der Waals surface area contributed by atoms with Gasteiger partial charge in [0.05, 0.1) is 19.8 Å². The first-order valence-electron chi connectivity index (χ1n) is 8.81. The lowest BCUT2D eigenvalue weighted by Crippen LogP contribution is -1.97. The first-order chi connectivity index (χ1) is 14.5. The number of rotatable bonds is 9. The maximum Gasteiger partial charge on any atom is 0.231 e. The molecule has 0 unspecified atom stereocenters. The van der Waals surface area contributed by atoms with Gasteiger partial charge in [-0.15, -0.1) is 0 Å². The molecule has 1 aliphatic heterocycles. The molecule has 0 bridgehead atoms. The molecule has 0 spiro atoms. The van der Waals surface area contributed by atoms with Crippen molar-refractivity contribution in [2.24, 2.45) is 5.16 Å². The van der Waals surface area contributed by atoms with Crippen molar-refractivity contribution in [2.75, 3.05) is 28.1 Å². The van der Waals surface area contributed by atoms with Crippen LogP contribution in [-0.2, 0) is 14.4 Å². The Morgan fingerprint density at radius 2 is 1.93 bits per heavy atom. The van der Waals surface area contributed by atoms with E-state index in [9.17, 15) is 4.79 Å². The maximum atomic E-state index is 11.4. The zero-order valence-corrected chi connectivity index (χ0v) is 17.9. The predicted octanol–water partition coefficient (Wildman–Crippen LogP) is 3.63. The van der Waals surface area contributed by atoms with Crippen molar-refractivity contribution in [2.45, 2.75) is 13.8 Å². The van der Waals surface area contributed by atoms with E-state index in [1.54, 1.807) is 18.2 Å². The van der Waals surface area contributed by atoms with Crippen LogP contribution in [0.25, 0.3) is 5.76 Å². The quantitative estimate of drug-likeness (QED) is 0.164. The maximum absolute atomic E-state index is 11.4. The lowest BCUT2D eigenvalue weighted by molar-refractivity contribution is -0.104. The molecule has 0 amide bonds. The second-order valence-corrected chi connectivity index (χ2v) is 5.76. The van der Waals surface area contributed by atoms with Crippen LogP contribution in [0.1, 0.15) is 19.4 Å². The number of hydrogen-bond acceptors (Lipinski definition) is 8. The van der Waals surface area contributed by atoms with E-state index in [2.05, 4.69) is 18.5 Å². The number of aliphatic hydroxyl groups is 1. The Balaban J connectivity index is 0.00000218. The van der Waals surface area contributed by atoms with Gasteiger partial charge >= 0.3 is 0 Å². The number of carbonyl (C=O) groups is 1. The van der Waals surface area contributed by atoms with Crippen molar-refractivity contribution < 1.29 is 33.7 Å². The number of carbonyl (C=O) groups excluding carboxylic acids is 1. The van der Waals surface area contributed by atoms with Crippen molar-refractivity contribution in [1.82, 2.24) is 0 Å². The summed E-state index contributed by atoms with van der Waals surface area (Å²) in [5.74, 6) is 2.38. The number of aliphatic hydroxyl groups excluding tert-OH is 1. The number of aldehydes is 1. The molecule has 0 aliphatic carbocycles. The van der Waals surface area contributed by atoms with Crippen molar-refractivity contribution in [1.29, 1.82) is 0 Å². The van der Waals surface area contributed by atoms with Gasteiger partial charge in [-0.25, -0.2) is 0 Å². The van der Waals surface area contributed by atoms with E-state index < -0.39 is 0 Å². The number of benzene rings is 1. The van der Waals surface area contributed by atoms with E-state index in [1.165, 1.54) is 20.3 Å². The first kappa shape index (κ1) is 24.5. The lowest BCUT2D eigenvalue weighted by Gasteiger charge is -2.13. The summed E-state index contributed by atoms with van der Waals surface area (Å²) < 4.78 is 21.4. The van der Waals surface area contributed by atoms with Gasteiger partial charge in [0.25, 0.3) is 0 Å². The highest BCUT2D eigenvalue weighted by Crippen LogP contribution is 2.44. The number of allylic oxidation sites excluding steroid dienone is 5. The molecule has 1 aromatic carbocycles. The minimum atomic E-state index is 0.113. The van der Waals surface area contributed by atoms with Crippen molar-refractivity contribution >= 4 is 18.8 Å². The van der Waals surface area contributed by atoms with Gasteiger partial charge in [0.2, 0.25) is 12.5 Å². The van der Waals surface area contributed by atoms with Crippen molar-refractivity contribution in [3.63, 3.8) is 0 Å². The van der Waals surface area contributed by atoms with E-state index in [-0.39, 0.29) is 6.79 Å². The van der Waals surface area contributed by atoms with Gasteiger partial charge < -0.3 is 28.9 Å². The van der Waals surface area contributed by atoms with Crippen LogP contribution in [0.15, 0.2) is 58.5 Å². The molecule has 8 heteroatoms. The van der Waals surface area contributed by atoms with Crippen LogP contribution >= 0.6 is 0 Å². The standard InChI is InChI=1S/C21H23NO6.CH4O/c1-7-17(24-5)16(11-23)8-13(2)14(3)20(28-22-4)15-9-18(25-6)21-19(10-15)26-12-27-21;1-2/h7-11H,1,4,12H2,2-3,5-6H3;2H,1H3/b13-8+,17-16-,20-14+;. The van der Waals surface area contributed by atoms with Gasteiger partial charge in [0.15, 0.2) is 23.5 Å². The van der Waals surface area contributed by atoms with Crippen molar-refractivity contribution in [3.05, 3.63) is 58.9 Å². The van der Waals surface area contributed by atoms with Crippen LogP contribution in [0.2, 0.25) is 0 Å². The summed E-state index contributed by atoms with van der Waals surface area (Å²) in [6, 6.07) is 3.52. The highest BCUT2D eigenvalue weighted by molar-refractivity contribution is 5.80. The fourth-order valence-electron chi connectivity index (χ4n) is 2.67. The lowest BCUT2D eigenvalue weighted by atomic mass is 10.0. The normalized spacial score (nSPS) is 13.7. The van der Waals surface area contributed by atoms with Crippen LogP contribution in [0.4, 0.5) is 0 Å². The van der Waals surface area contributed by atoms with E-state index in [4.69, 9.17) is 28.9 Å². The zero-order chi connectivity index (χ0) is 22.7. The Hall–Kier alpha value is -3.52. The molecule has 0 atom stereocenters. The summed E-state index contributed by atoms with van der Waals surface area (Å²) in [5.41, 5.74) is 2.50. The van der Waals surface area contributed by atoms with Gasteiger partial charge in [-0.1, -0.05) is 11.7 Å². The van der Waals surface area contributed by atoms with E-state index in [1.807, 2.05) is 13.8 Å². The minimum Gasteiger partial charge on any atom is -0.496 e. The number of hydrogen-bond donors (Lipinski definition) is 1. The summed E-state index contributed by atoms with van der Waals surface area (Å²) in [7, 11) is 4.01. The van der Waals surface area contributed by atoms with Crippen LogP contribution < -0.4 is 14.2 Å². The molecular formula is C22H27NO7. The molecule has 1 heterocycles. The predicted molar refractivity (Wildman–Crippen MR) is 115 cm³/mol. The van der Waals surface area contributed by atoms with E-state index in [0.717, 1.165) is 18.3 Å².